The topological polar surface area (TPSA) is 61.6 Å². The molecule has 0 spiro atoms. The number of aryl methyl sites for hydroxylation is 1. The van der Waals surface area contributed by atoms with Gasteiger partial charge in [-0.3, -0.25) is 5.32 Å². The van der Waals surface area contributed by atoms with Gasteiger partial charge in [-0.2, -0.15) is 9.64 Å². The van der Waals surface area contributed by atoms with Crippen LogP contribution in [0.3, 0.4) is 0 Å². The number of hydrogen-bond donors (Lipinski definition) is 1. The van der Waals surface area contributed by atoms with Crippen LogP contribution in [0.2, 0.25) is 0 Å². The molecule has 6 heteroatoms. The van der Waals surface area contributed by atoms with Crippen molar-refractivity contribution in [2.75, 3.05) is 12.3 Å². The third kappa shape index (κ3) is 4.03. The lowest BCUT2D eigenvalue weighted by molar-refractivity contribution is 0.428. The number of nitriles is 1. The van der Waals surface area contributed by atoms with Gasteiger partial charge in [0, 0.05) is 5.75 Å². The lowest BCUT2D eigenvalue weighted by atomic mass is 9.88. The predicted octanol–water partition coefficient (Wildman–Crippen LogP) is 3.36. The molecule has 0 saturated carbocycles. The molecule has 2 aromatic rings. The molecule has 0 bridgehead atoms. The van der Waals surface area contributed by atoms with Gasteiger partial charge in [0.2, 0.25) is 0 Å². The highest BCUT2D eigenvalue weighted by Crippen LogP contribution is 2.29. The van der Waals surface area contributed by atoms with E-state index in [0.717, 1.165) is 34.4 Å². The molecule has 4 nitrogen and oxygen atoms in total. The zero-order chi connectivity index (χ0) is 15.1. The van der Waals surface area contributed by atoms with Crippen molar-refractivity contribution in [1.82, 2.24) is 14.7 Å². The minimum absolute atomic E-state index is 0.636. The van der Waals surface area contributed by atoms with Crippen molar-refractivity contribution >= 4 is 23.3 Å². The zero-order valence-electron chi connectivity index (χ0n) is 12.2. The van der Waals surface area contributed by atoms with Gasteiger partial charge < -0.3 is 0 Å². The fourth-order valence-corrected chi connectivity index (χ4v) is 3.92. The second-order valence-electron chi connectivity index (χ2n) is 4.62. The third-order valence-electron chi connectivity index (χ3n) is 3.15. The summed E-state index contributed by atoms with van der Waals surface area (Å²) in [5, 5.41) is 13.1. The van der Waals surface area contributed by atoms with E-state index in [1.165, 1.54) is 11.5 Å². The smallest absolute Gasteiger partial charge is 0.170 e. The average molecular weight is 318 g/mol. The predicted molar refractivity (Wildman–Crippen MR) is 87.4 cm³/mol. The van der Waals surface area contributed by atoms with Gasteiger partial charge in [0.1, 0.15) is 11.4 Å². The van der Waals surface area contributed by atoms with Crippen LogP contribution in [0, 0.1) is 18.3 Å². The monoisotopic (exact) mass is 318 g/mol. The first-order chi connectivity index (χ1) is 10.2. The molecular formula is C15H18N4S2. The molecule has 0 saturated heterocycles. The van der Waals surface area contributed by atoms with Gasteiger partial charge in [0.05, 0.1) is 6.07 Å². The lowest BCUT2D eigenvalue weighted by Gasteiger charge is -2.27. The Morgan fingerprint density at radius 3 is 2.71 bits per heavy atom. The minimum Gasteiger partial charge on any atom is -0.296 e. The molecule has 0 aliphatic carbocycles. The second kappa shape index (κ2) is 7.55. The Morgan fingerprint density at radius 1 is 1.38 bits per heavy atom. The molecule has 0 aliphatic heterocycles. The van der Waals surface area contributed by atoms with Crippen LogP contribution in [0.1, 0.15) is 24.7 Å². The summed E-state index contributed by atoms with van der Waals surface area (Å²) in [5.74, 6) is 1.63. The van der Waals surface area contributed by atoms with Crippen LogP contribution in [0.15, 0.2) is 34.7 Å². The van der Waals surface area contributed by atoms with Crippen molar-refractivity contribution in [2.24, 2.45) is 0 Å². The number of benzene rings is 1. The quantitative estimate of drug-likeness (QED) is 0.793. The van der Waals surface area contributed by atoms with Gasteiger partial charge in [0.25, 0.3) is 0 Å². The summed E-state index contributed by atoms with van der Waals surface area (Å²) in [4.78, 5) is 4.34. The maximum Gasteiger partial charge on any atom is 0.170 e. The molecular weight excluding hydrogens is 300 g/mol. The highest BCUT2D eigenvalue weighted by atomic mass is 32.2. The summed E-state index contributed by atoms with van der Waals surface area (Å²) < 4.78 is 5.14. The van der Waals surface area contributed by atoms with Gasteiger partial charge in [-0.15, -0.1) is 0 Å². The fraction of sp³-hybridized carbons (Fsp3) is 0.400. The maximum atomic E-state index is 9.72. The molecule has 1 atom stereocenters. The normalized spacial score (nSPS) is 13.6. The van der Waals surface area contributed by atoms with Gasteiger partial charge in [-0.1, -0.05) is 49.0 Å². The number of aromatic nitrogens is 2. The molecule has 1 aromatic heterocycles. The maximum absolute atomic E-state index is 9.72. The Hall–Kier alpha value is -1.42. The summed E-state index contributed by atoms with van der Waals surface area (Å²) in [6.45, 7) is 4.67. The van der Waals surface area contributed by atoms with Crippen molar-refractivity contribution in [2.45, 2.75) is 30.1 Å². The standard InChI is InChI=1S/C15H18N4S2/c1-3-17-15(11-16,13-7-5-4-6-8-13)9-10-20-14-18-12(2)19-21-14/h4-8,17H,3,9-10H2,1-2H3. The number of nitrogens with one attached hydrogen (secondary N) is 1. The van der Waals surface area contributed by atoms with Crippen molar-refractivity contribution in [3.8, 4) is 6.07 Å². The molecule has 21 heavy (non-hydrogen) atoms. The SMILES string of the molecule is CCNC(C#N)(CCSc1nc(C)ns1)c1ccccc1. The van der Waals surface area contributed by atoms with Gasteiger partial charge >= 0.3 is 0 Å². The highest BCUT2D eigenvalue weighted by molar-refractivity contribution is 8.00. The minimum atomic E-state index is -0.636. The number of thioether (sulfide) groups is 1. The molecule has 1 heterocycles. The number of rotatable bonds is 7. The van der Waals surface area contributed by atoms with Crippen LogP contribution in [-0.4, -0.2) is 21.7 Å². The van der Waals surface area contributed by atoms with Crippen LogP contribution in [0.5, 0.6) is 0 Å². The van der Waals surface area contributed by atoms with E-state index in [2.05, 4.69) is 20.7 Å². The van der Waals surface area contributed by atoms with Gasteiger partial charge in [-0.05, 0) is 37.0 Å². The number of hydrogen-bond acceptors (Lipinski definition) is 6. The van der Waals surface area contributed by atoms with E-state index in [4.69, 9.17) is 0 Å². The van der Waals surface area contributed by atoms with Gasteiger partial charge in [-0.25, -0.2) is 4.98 Å². The Labute approximate surface area is 133 Å². The molecule has 0 fully saturated rings. The fourth-order valence-electron chi connectivity index (χ4n) is 2.15. The van der Waals surface area contributed by atoms with E-state index in [9.17, 15) is 5.26 Å². The zero-order valence-corrected chi connectivity index (χ0v) is 13.8. The first kappa shape index (κ1) is 16.0. The van der Waals surface area contributed by atoms with E-state index in [1.807, 2.05) is 44.2 Å². The second-order valence-corrected chi connectivity index (χ2v) is 6.71. The summed E-state index contributed by atoms with van der Waals surface area (Å²) in [7, 11) is 0. The van der Waals surface area contributed by atoms with Crippen molar-refractivity contribution in [3.05, 3.63) is 41.7 Å². The molecule has 1 aromatic carbocycles. The molecule has 0 aliphatic rings. The van der Waals surface area contributed by atoms with Crippen LogP contribution in [-0.2, 0) is 5.54 Å². The molecule has 1 unspecified atom stereocenters. The molecule has 0 radical (unpaired) electrons. The molecule has 110 valence electrons. The first-order valence-electron chi connectivity index (χ1n) is 6.85. The summed E-state index contributed by atoms with van der Waals surface area (Å²) in [6.07, 6.45) is 0.727. The Balaban J connectivity index is 2.08. The third-order valence-corrected chi connectivity index (χ3v) is 5.07. The van der Waals surface area contributed by atoms with E-state index in [0.29, 0.717) is 0 Å². The number of nitrogens with zero attached hydrogens (tertiary/aromatic N) is 3. The Morgan fingerprint density at radius 2 is 2.14 bits per heavy atom. The summed E-state index contributed by atoms with van der Waals surface area (Å²) in [6, 6.07) is 12.4. The Bertz CT molecular complexity index is 606. The average Bonchev–Trinajstić information content (AvgIpc) is 2.93. The van der Waals surface area contributed by atoms with Gasteiger partial charge in [0.15, 0.2) is 4.34 Å². The highest BCUT2D eigenvalue weighted by Gasteiger charge is 2.30. The van der Waals surface area contributed by atoms with Crippen LogP contribution in [0.4, 0.5) is 0 Å². The molecule has 0 amide bonds. The lowest BCUT2D eigenvalue weighted by Crippen LogP contribution is -2.41. The van der Waals surface area contributed by atoms with E-state index in [-0.39, 0.29) is 0 Å². The Kier molecular flexibility index (Phi) is 5.74. The van der Waals surface area contributed by atoms with Crippen molar-refractivity contribution in [3.63, 3.8) is 0 Å². The molecule has 1 N–H and O–H groups in total. The van der Waals surface area contributed by atoms with Crippen molar-refractivity contribution in [1.29, 1.82) is 5.26 Å². The van der Waals surface area contributed by atoms with Crippen molar-refractivity contribution < 1.29 is 0 Å². The molecule has 2 rings (SSSR count). The van der Waals surface area contributed by atoms with E-state index >= 15 is 0 Å². The van der Waals surface area contributed by atoms with Crippen LogP contribution < -0.4 is 5.32 Å². The summed E-state index contributed by atoms with van der Waals surface area (Å²) in [5.41, 5.74) is 0.381. The van der Waals surface area contributed by atoms with E-state index < -0.39 is 5.54 Å². The summed E-state index contributed by atoms with van der Waals surface area (Å²) >= 11 is 3.07. The van der Waals surface area contributed by atoms with Crippen LogP contribution >= 0.6 is 23.3 Å². The first-order valence-corrected chi connectivity index (χ1v) is 8.61. The largest absolute Gasteiger partial charge is 0.296 e. The van der Waals surface area contributed by atoms with E-state index in [1.54, 1.807) is 11.8 Å². The van der Waals surface area contributed by atoms with Crippen LogP contribution in [0.25, 0.3) is 0 Å².